The van der Waals surface area contributed by atoms with Crippen molar-refractivity contribution < 1.29 is 29.2 Å². The molecule has 0 aliphatic rings. The molecule has 0 aromatic heterocycles. The second-order valence-corrected chi connectivity index (χ2v) is 3.65. The van der Waals surface area contributed by atoms with Crippen LogP contribution in [-0.4, -0.2) is 24.2 Å². The van der Waals surface area contributed by atoms with Gasteiger partial charge in [-0.2, -0.15) is 0 Å². The van der Waals surface area contributed by atoms with Gasteiger partial charge in [0.25, 0.3) is 0 Å². The number of hydrogen-bond donors (Lipinski definition) is 1. The van der Waals surface area contributed by atoms with Crippen LogP contribution >= 0.6 is 0 Å². The second-order valence-electron chi connectivity index (χ2n) is 3.65. The van der Waals surface area contributed by atoms with Gasteiger partial charge in [0, 0.05) is 5.56 Å². The first-order chi connectivity index (χ1) is 8.45. The number of aliphatic carboxylic acids is 1. The van der Waals surface area contributed by atoms with Crippen molar-refractivity contribution in [3.05, 3.63) is 23.3 Å². The van der Waals surface area contributed by atoms with Gasteiger partial charge in [0.05, 0.1) is 7.11 Å². The number of carbonyl (C=O) groups is 2. The highest BCUT2D eigenvalue weighted by Crippen LogP contribution is 2.30. The molecule has 0 atom stereocenters. The quantitative estimate of drug-likeness (QED) is 0.488. The first-order valence-corrected chi connectivity index (χ1v) is 5.19. The average Bonchev–Trinajstić information content (AvgIpc) is 2.27. The lowest BCUT2D eigenvalue weighted by atomic mass is 10.1. The fourth-order valence-corrected chi connectivity index (χ4v) is 1.46. The molecule has 1 aromatic rings. The Morgan fingerprint density at radius 2 is 1.94 bits per heavy atom. The Balaban J connectivity index is 2.74. The Morgan fingerprint density at radius 1 is 1.28 bits per heavy atom. The molecule has 0 saturated heterocycles. The molecule has 0 fully saturated rings. The van der Waals surface area contributed by atoms with Gasteiger partial charge in [-0.15, -0.1) is 0 Å². The fraction of sp³-hybridized carbons (Fsp3) is 0.333. The lowest BCUT2D eigenvalue weighted by Gasteiger charge is -2.12. The topological polar surface area (TPSA) is 82.1 Å². The summed E-state index contributed by atoms with van der Waals surface area (Å²) in [4.78, 5) is 30.4. The summed E-state index contributed by atoms with van der Waals surface area (Å²) in [5.74, 6) is -1.32. The smallest absolute Gasteiger partial charge is 0.366 e. The van der Waals surface area contributed by atoms with E-state index in [1.807, 2.05) is 6.92 Å². The van der Waals surface area contributed by atoms with E-state index < -0.39 is 18.4 Å². The summed E-state index contributed by atoms with van der Waals surface area (Å²) >= 11 is 0. The average molecular weight is 254 g/mol. The number of benzene rings is 1. The van der Waals surface area contributed by atoms with Crippen LogP contribution in [0.25, 0.3) is 0 Å². The molecule has 0 radical (unpaired) electrons. The molecule has 0 unspecified atom stereocenters. The lowest BCUT2D eigenvalue weighted by Crippen LogP contribution is -2.13. The van der Waals surface area contributed by atoms with Crippen LogP contribution in [0.15, 0.2) is 12.1 Å². The maximum Gasteiger partial charge on any atom is 0.366 e. The molecule has 1 N–H and O–H groups in total. The largest absolute Gasteiger partial charge is 0.496 e. The lowest BCUT2D eigenvalue weighted by molar-refractivity contribution is -0.214. The molecule has 0 bridgehead atoms. The number of methoxy groups -OCH3 is 1. The zero-order valence-electron chi connectivity index (χ0n) is 10.4. The monoisotopic (exact) mass is 254 g/mol. The molecule has 18 heavy (non-hydrogen) atoms. The zero-order chi connectivity index (χ0) is 13.7. The molecule has 0 amide bonds. The number of carboxylic acids is 1. The van der Waals surface area contributed by atoms with Gasteiger partial charge in [0.15, 0.2) is 5.75 Å². The Labute approximate surface area is 104 Å². The summed E-state index contributed by atoms with van der Waals surface area (Å²) in [6, 6.07) is 3.35. The van der Waals surface area contributed by atoms with Crippen molar-refractivity contribution >= 4 is 11.9 Å². The number of carboxylic acid groups (broad SMARTS) is 1. The molecule has 0 aliphatic carbocycles. The number of rotatable bonds is 5. The van der Waals surface area contributed by atoms with Crippen LogP contribution in [-0.2, 0) is 14.5 Å². The van der Waals surface area contributed by atoms with Crippen LogP contribution < -0.4 is 9.62 Å². The van der Waals surface area contributed by atoms with Crippen LogP contribution in [0.2, 0.25) is 0 Å². The minimum Gasteiger partial charge on any atom is -0.496 e. The van der Waals surface area contributed by atoms with Gasteiger partial charge in [0.1, 0.15) is 12.2 Å². The van der Waals surface area contributed by atoms with Crippen LogP contribution in [0.3, 0.4) is 0 Å². The molecular weight excluding hydrogens is 240 g/mol. The van der Waals surface area contributed by atoms with E-state index in [0.717, 1.165) is 5.56 Å². The van der Waals surface area contributed by atoms with Crippen molar-refractivity contribution in [1.29, 1.82) is 0 Å². The maximum atomic E-state index is 11.0. The normalized spacial score (nSPS) is 9.72. The van der Waals surface area contributed by atoms with Gasteiger partial charge < -0.3 is 9.84 Å². The summed E-state index contributed by atoms with van der Waals surface area (Å²) in [5.41, 5.74) is 1.58. The number of carbonyl (C=O) groups excluding carboxylic acids is 1. The fourth-order valence-electron chi connectivity index (χ4n) is 1.46. The van der Waals surface area contributed by atoms with E-state index in [1.165, 1.54) is 7.11 Å². The summed E-state index contributed by atoms with van der Waals surface area (Å²) in [6.07, 6.45) is -0.748. The molecule has 1 aromatic carbocycles. The summed E-state index contributed by atoms with van der Waals surface area (Å²) in [5, 5.41) is 8.38. The van der Waals surface area contributed by atoms with Gasteiger partial charge in [-0.05, 0) is 25.5 Å². The van der Waals surface area contributed by atoms with Crippen molar-refractivity contribution in [1.82, 2.24) is 0 Å². The molecule has 0 spiro atoms. The van der Waals surface area contributed by atoms with E-state index in [9.17, 15) is 9.59 Å². The van der Waals surface area contributed by atoms with Crippen molar-refractivity contribution in [3.63, 3.8) is 0 Å². The SMILES string of the molecule is COc1c(C)ccc(OOC(=O)CC(=O)O)c1C. The predicted molar refractivity (Wildman–Crippen MR) is 61.4 cm³/mol. The third kappa shape index (κ3) is 3.38. The molecule has 1 rings (SSSR count). The Morgan fingerprint density at radius 3 is 2.50 bits per heavy atom. The molecule has 0 saturated carbocycles. The third-order valence-corrected chi connectivity index (χ3v) is 2.28. The minimum absolute atomic E-state index is 0.302. The summed E-state index contributed by atoms with van der Waals surface area (Å²) in [7, 11) is 1.52. The van der Waals surface area contributed by atoms with Crippen LogP contribution in [0.4, 0.5) is 0 Å². The van der Waals surface area contributed by atoms with E-state index in [-0.39, 0.29) is 0 Å². The van der Waals surface area contributed by atoms with Crippen molar-refractivity contribution in [2.24, 2.45) is 0 Å². The minimum atomic E-state index is -1.28. The summed E-state index contributed by atoms with van der Waals surface area (Å²) in [6.45, 7) is 3.61. The molecule has 6 nitrogen and oxygen atoms in total. The Bertz CT molecular complexity index is 466. The van der Waals surface area contributed by atoms with Gasteiger partial charge in [-0.3, -0.25) is 9.68 Å². The van der Waals surface area contributed by atoms with Crippen molar-refractivity contribution in [2.45, 2.75) is 20.3 Å². The first-order valence-electron chi connectivity index (χ1n) is 5.19. The Kier molecular flexibility index (Phi) is 4.53. The van der Waals surface area contributed by atoms with E-state index in [4.69, 9.17) is 14.7 Å². The maximum absolute atomic E-state index is 11.0. The van der Waals surface area contributed by atoms with Gasteiger partial charge >= 0.3 is 11.9 Å². The summed E-state index contributed by atoms with van der Waals surface area (Å²) < 4.78 is 5.17. The highest BCUT2D eigenvalue weighted by atomic mass is 17.2. The van der Waals surface area contributed by atoms with Crippen LogP contribution in [0.5, 0.6) is 11.5 Å². The van der Waals surface area contributed by atoms with E-state index >= 15 is 0 Å². The highest BCUT2D eigenvalue weighted by molar-refractivity contribution is 5.89. The third-order valence-electron chi connectivity index (χ3n) is 2.28. The highest BCUT2D eigenvalue weighted by Gasteiger charge is 2.14. The zero-order valence-corrected chi connectivity index (χ0v) is 10.4. The standard InChI is InChI=1S/C12H14O6/c1-7-4-5-9(8(2)12(7)16-3)17-18-11(15)6-10(13)14/h4-5H,6H2,1-3H3,(H,13,14). The molecule has 0 aliphatic heterocycles. The van der Waals surface area contributed by atoms with Crippen molar-refractivity contribution in [2.75, 3.05) is 7.11 Å². The van der Waals surface area contributed by atoms with Gasteiger partial charge in [-0.25, -0.2) is 9.68 Å². The Hall–Kier alpha value is -2.24. The van der Waals surface area contributed by atoms with Crippen LogP contribution in [0, 0.1) is 13.8 Å². The molecule has 6 heteroatoms. The van der Waals surface area contributed by atoms with E-state index in [0.29, 0.717) is 17.1 Å². The van der Waals surface area contributed by atoms with E-state index in [2.05, 4.69) is 4.89 Å². The molecule has 98 valence electrons. The first kappa shape index (κ1) is 13.8. The van der Waals surface area contributed by atoms with Crippen LogP contribution in [0.1, 0.15) is 17.5 Å². The van der Waals surface area contributed by atoms with Gasteiger partial charge in [-0.1, -0.05) is 6.07 Å². The van der Waals surface area contributed by atoms with Crippen molar-refractivity contribution in [3.8, 4) is 11.5 Å². The predicted octanol–water partition coefficient (Wildman–Crippen LogP) is 1.62. The van der Waals surface area contributed by atoms with E-state index in [1.54, 1.807) is 19.1 Å². The second kappa shape index (κ2) is 5.90. The molecular formula is C12H14O6. The number of hydrogen-bond acceptors (Lipinski definition) is 5. The van der Waals surface area contributed by atoms with Gasteiger partial charge in [0.2, 0.25) is 0 Å². The number of ether oxygens (including phenoxy) is 1. The number of aryl methyl sites for hydroxylation is 1. The molecule has 0 heterocycles.